The van der Waals surface area contributed by atoms with Crippen LogP contribution >= 0.6 is 0 Å². The third-order valence-corrected chi connectivity index (χ3v) is 3.99. The number of carbonyl (C=O) groups is 1. The van der Waals surface area contributed by atoms with Crippen LogP contribution in [0.2, 0.25) is 0 Å². The third-order valence-electron chi connectivity index (χ3n) is 3.99. The predicted octanol–water partition coefficient (Wildman–Crippen LogP) is 1.20. The molecule has 2 aromatic rings. The highest BCUT2D eigenvalue weighted by Crippen LogP contribution is 2.37. The fraction of sp³-hybridized carbons (Fsp3) is 0.438. The maximum atomic E-state index is 11.9. The Kier molecular flexibility index (Phi) is 4.42. The van der Waals surface area contributed by atoms with Crippen LogP contribution in [0.15, 0.2) is 33.4 Å². The fourth-order valence-electron chi connectivity index (χ4n) is 2.57. The normalized spacial score (nSPS) is 14.5. The van der Waals surface area contributed by atoms with Gasteiger partial charge in [0.25, 0.3) is 0 Å². The molecule has 2 aromatic heterocycles. The molecule has 0 radical (unpaired) electrons. The zero-order valence-electron chi connectivity index (χ0n) is 13.2. The molecule has 3 heterocycles. The molecular weight excluding hydrogens is 308 g/mol. The Morgan fingerprint density at radius 3 is 3.00 bits per heavy atom. The van der Waals surface area contributed by atoms with Crippen molar-refractivity contribution in [2.45, 2.75) is 37.9 Å². The molecule has 0 aromatic carbocycles. The molecule has 0 unspecified atom stereocenters. The first-order valence-electron chi connectivity index (χ1n) is 7.81. The summed E-state index contributed by atoms with van der Waals surface area (Å²) in [4.78, 5) is 30.7. The first-order valence-corrected chi connectivity index (χ1v) is 7.81. The molecule has 0 atom stereocenters. The van der Waals surface area contributed by atoms with Gasteiger partial charge < -0.3 is 10.3 Å². The summed E-state index contributed by atoms with van der Waals surface area (Å²) in [7, 11) is 0. The minimum atomic E-state index is -0.443. The molecule has 8 nitrogen and oxygen atoms in total. The topological polar surface area (TPSA) is 104 Å². The molecule has 24 heavy (non-hydrogen) atoms. The zero-order chi connectivity index (χ0) is 17.0. The van der Waals surface area contributed by atoms with E-state index < -0.39 is 5.66 Å². The van der Waals surface area contributed by atoms with Crippen molar-refractivity contribution < 1.29 is 4.79 Å². The molecule has 124 valence electrons. The molecule has 0 bridgehead atoms. The van der Waals surface area contributed by atoms with Crippen LogP contribution < -0.4 is 11.0 Å². The van der Waals surface area contributed by atoms with E-state index in [1.807, 2.05) is 0 Å². The number of imidazole rings is 1. The maximum absolute atomic E-state index is 11.9. The number of fused-ring (bicyclic) bond motifs is 1. The van der Waals surface area contributed by atoms with Gasteiger partial charge in [0.1, 0.15) is 0 Å². The molecule has 0 fully saturated rings. The van der Waals surface area contributed by atoms with E-state index in [0.29, 0.717) is 49.9 Å². The number of pyridine rings is 1. The van der Waals surface area contributed by atoms with Crippen LogP contribution in [0.3, 0.4) is 0 Å². The van der Waals surface area contributed by atoms with E-state index in [1.54, 1.807) is 18.3 Å². The first kappa shape index (κ1) is 15.9. The molecule has 3 rings (SSSR count). The van der Waals surface area contributed by atoms with E-state index in [9.17, 15) is 9.59 Å². The SMILES string of the molecule is C#CCCC1(CCC(=O)NCCn2c(=O)[nH]c3cccnc32)N=N1. The van der Waals surface area contributed by atoms with Crippen LogP contribution in [-0.2, 0) is 11.3 Å². The Labute approximate surface area is 138 Å². The summed E-state index contributed by atoms with van der Waals surface area (Å²) < 4.78 is 1.51. The third kappa shape index (κ3) is 3.51. The number of terminal acetylenes is 1. The van der Waals surface area contributed by atoms with Crippen molar-refractivity contribution in [2.75, 3.05) is 6.54 Å². The Balaban J connectivity index is 1.46. The van der Waals surface area contributed by atoms with Crippen molar-refractivity contribution in [3.8, 4) is 12.3 Å². The maximum Gasteiger partial charge on any atom is 0.327 e. The molecular formula is C16H18N6O2. The smallest absolute Gasteiger partial charge is 0.327 e. The molecule has 0 spiro atoms. The van der Waals surface area contributed by atoms with E-state index in [1.165, 1.54) is 4.57 Å². The second kappa shape index (κ2) is 6.66. The van der Waals surface area contributed by atoms with Crippen molar-refractivity contribution in [3.05, 3.63) is 28.8 Å². The van der Waals surface area contributed by atoms with Gasteiger partial charge in [-0.2, -0.15) is 10.2 Å². The molecule has 1 aliphatic heterocycles. The van der Waals surface area contributed by atoms with Crippen LogP contribution in [0.1, 0.15) is 25.7 Å². The lowest BCUT2D eigenvalue weighted by Crippen LogP contribution is -2.30. The summed E-state index contributed by atoms with van der Waals surface area (Å²) in [5.74, 6) is 2.47. The Morgan fingerprint density at radius 2 is 2.25 bits per heavy atom. The van der Waals surface area contributed by atoms with Crippen molar-refractivity contribution in [3.63, 3.8) is 0 Å². The number of H-pyrrole nitrogens is 1. The summed E-state index contributed by atoms with van der Waals surface area (Å²) in [5, 5.41) is 10.8. The minimum absolute atomic E-state index is 0.0896. The molecule has 0 saturated carbocycles. The van der Waals surface area contributed by atoms with Gasteiger partial charge in [-0.3, -0.25) is 9.36 Å². The lowest BCUT2D eigenvalue weighted by atomic mass is 10.0. The number of aromatic nitrogens is 3. The van der Waals surface area contributed by atoms with Gasteiger partial charge in [0.2, 0.25) is 5.91 Å². The quantitative estimate of drug-likeness (QED) is 0.712. The zero-order valence-corrected chi connectivity index (χ0v) is 13.2. The van der Waals surface area contributed by atoms with Gasteiger partial charge >= 0.3 is 5.69 Å². The molecule has 2 N–H and O–H groups in total. The molecule has 0 aliphatic carbocycles. The van der Waals surface area contributed by atoms with E-state index in [0.717, 1.165) is 0 Å². The number of rotatable bonds is 8. The summed E-state index contributed by atoms with van der Waals surface area (Å²) in [5.41, 5.74) is 0.588. The highest BCUT2D eigenvalue weighted by Gasteiger charge is 2.39. The number of nitrogens with zero attached hydrogens (tertiary/aromatic N) is 4. The summed E-state index contributed by atoms with van der Waals surface area (Å²) >= 11 is 0. The summed E-state index contributed by atoms with van der Waals surface area (Å²) in [6, 6.07) is 3.55. The number of nitrogens with one attached hydrogen (secondary N) is 2. The predicted molar refractivity (Wildman–Crippen MR) is 88.3 cm³/mol. The van der Waals surface area contributed by atoms with Gasteiger partial charge in [0.05, 0.1) is 5.52 Å². The van der Waals surface area contributed by atoms with Gasteiger partial charge in [0, 0.05) is 45.0 Å². The number of hydrogen-bond acceptors (Lipinski definition) is 5. The van der Waals surface area contributed by atoms with Crippen LogP contribution in [0.25, 0.3) is 11.2 Å². The molecule has 8 heteroatoms. The van der Waals surface area contributed by atoms with Gasteiger partial charge in [-0.25, -0.2) is 9.78 Å². The lowest BCUT2D eigenvalue weighted by Gasteiger charge is -2.09. The Hall–Kier alpha value is -2.95. The molecule has 0 saturated heterocycles. The van der Waals surface area contributed by atoms with Crippen molar-refractivity contribution in [1.82, 2.24) is 19.9 Å². The molecule has 1 aliphatic rings. The van der Waals surface area contributed by atoms with Gasteiger partial charge in [0.15, 0.2) is 11.3 Å². The average Bonchev–Trinajstić information content (AvgIpc) is 3.29. The summed E-state index contributed by atoms with van der Waals surface area (Å²) in [6.07, 6.45) is 9.05. The van der Waals surface area contributed by atoms with E-state index in [2.05, 4.69) is 31.4 Å². The first-order chi connectivity index (χ1) is 11.6. The number of amides is 1. The Bertz CT molecular complexity index is 867. The van der Waals surface area contributed by atoms with Crippen molar-refractivity contribution in [1.29, 1.82) is 0 Å². The van der Waals surface area contributed by atoms with Gasteiger partial charge in [-0.15, -0.1) is 12.3 Å². The van der Waals surface area contributed by atoms with Crippen LogP contribution in [0, 0.1) is 12.3 Å². The standard InChI is InChI=1S/C16H18N6O2/c1-2-3-7-16(20-21-16)8-6-13(23)17-10-11-22-14-12(19-15(22)24)5-4-9-18-14/h1,4-5,9H,3,6-8,10-11H2,(H,17,23)(H,19,24). The van der Waals surface area contributed by atoms with E-state index in [4.69, 9.17) is 6.42 Å². The monoisotopic (exact) mass is 326 g/mol. The summed E-state index contributed by atoms with van der Waals surface area (Å²) in [6.45, 7) is 0.715. The second-order valence-electron chi connectivity index (χ2n) is 5.69. The van der Waals surface area contributed by atoms with E-state index in [-0.39, 0.29) is 11.6 Å². The van der Waals surface area contributed by atoms with Crippen molar-refractivity contribution >= 4 is 17.1 Å². The average molecular weight is 326 g/mol. The van der Waals surface area contributed by atoms with Crippen LogP contribution in [0.5, 0.6) is 0 Å². The van der Waals surface area contributed by atoms with E-state index >= 15 is 0 Å². The fourth-order valence-corrected chi connectivity index (χ4v) is 2.57. The number of hydrogen-bond donors (Lipinski definition) is 2. The molecule has 1 amide bonds. The largest absolute Gasteiger partial charge is 0.354 e. The lowest BCUT2D eigenvalue weighted by molar-refractivity contribution is -0.121. The highest BCUT2D eigenvalue weighted by atomic mass is 16.2. The number of carbonyl (C=O) groups excluding carboxylic acids is 1. The number of aromatic amines is 1. The van der Waals surface area contributed by atoms with Crippen LogP contribution in [0.4, 0.5) is 0 Å². The van der Waals surface area contributed by atoms with Crippen molar-refractivity contribution in [2.24, 2.45) is 10.2 Å². The van der Waals surface area contributed by atoms with Gasteiger partial charge in [-0.05, 0) is 12.1 Å². The van der Waals surface area contributed by atoms with Gasteiger partial charge in [-0.1, -0.05) is 0 Å². The second-order valence-corrected chi connectivity index (χ2v) is 5.69. The highest BCUT2D eigenvalue weighted by molar-refractivity contribution is 5.76. The van der Waals surface area contributed by atoms with Crippen LogP contribution in [-0.4, -0.2) is 32.6 Å². The minimum Gasteiger partial charge on any atom is -0.354 e. The Morgan fingerprint density at radius 1 is 1.42 bits per heavy atom.